The summed E-state index contributed by atoms with van der Waals surface area (Å²) in [5, 5.41) is 5.93. The van der Waals surface area contributed by atoms with Gasteiger partial charge in [-0.15, -0.1) is 26.3 Å². The summed E-state index contributed by atoms with van der Waals surface area (Å²) in [5.41, 5.74) is -1.10. The van der Waals surface area contributed by atoms with E-state index in [2.05, 4.69) is 20.1 Å². The second-order valence-corrected chi connectivity index (χ2v) is 10.8. The van der Waals surface area contributed by atoms with Gasteiger partial charge in [-0.25, -0.2) is 0 Å². The third kappa shape index (κ3) is 8.31. The third-order valence-corrected chi connectivity index (χ3v) is 8.00. The van der Waals surface area contributed by atoms with Gasteiger partial charge in [0, 0.05) is 29.5 Å². The van der Waals surface area contributed by atoms with Crippen LogP contribution >= 0.6 is 0 Å². The van der Waals surface area contributed by atoms with Crippen molar-refractivity contribution in [1.82, 2.24) is 10.6 Å². The fraction of sp³-hybridized carbons (Fsp3) is 0.517. The van der Waals surface area contributed by atoms with E-state index >= 15 is 0 Å². The first-order chi connectivity index (χ1) is 20.1. The Bertz CT molecular complexity index is 1160. The summed E-state index contributed by atoms with van der Waals surface area (Å²) in [5.74, 6) is -2.70. The molecule has 2 aromatic carbocycles. The van der Waals surface area contributed by atoms with Gasteiger partial charge in [0.2, 0.25) is 0 Å². The van der Waals surface area contributed by atoms with E-state index in [1.165, 1.54) is 24.3 Å². The third-order valence-electron chi connectivity index (χ3n) is 8.00. The number of alkyl halides is 6. The smallest absolute Gasteiger partial charge is 0.406 e. The van der Waals surface area contributed by atoms with Crippen LogP contribution in [0.1, 0.15) is 73.1 Å². The van der Waals surface area contributed by atoms with Crippen molar-refractivity contribution >= 4 is 11.8 Å². The number of ether oxygens (including phenoxy) is 4. The molecular formula is C29H32F6N2O6. The van der Waals surface area contributed by atoms with Crippen LogP contribution in [0.25, 0.3) is 0 Å². The van der Waals surface area contributed by atoms with Gasteiger partial charge in [0.05, 0.1) is 18.8 Å². The molecule has 2 amide bonds. The highest BCUT2D eigenvalue weighted by atomic mass is 19.4. The molecule has 0 bridgehead atoms. The lowest BCUT2D eigenvalue weighted by molar-refractivity contribution is -0.306. The Labute approximate surface area is 244 Å². The van der Waals surface area contributed by atoms with E-state index in [-0.39, 0.29) is 24.3 Å². The molecule has 1 aliphatic carbocycles. The topological polar surface area (TPSA) is 95.1 Å². The average Bonchev–Trinajstić information content (AvgIpc) is 2.95. The monoisotopic (exact) mass is 618 g/mol. The van der Waals surface area contributed by atoms with Crippen molar-refractivity contribution in [2.24, 2.45) is 0 Å². The molecule has 0 aromatic heterocycles. The molecule has 0 radical (unpaired) electrons. The summed E-state index contributed by atoms with van der Waals surface area (Å²) in [4.78, 5) is 25.8. The minimum absolute atomic E-state index is 0.141. The second-order valence-electron chi connectivity index (χ2n) is 10.8. The van der Waals surface area contributed by atoms with Crippen LogP contribution in [0, 0.1) is 0 Å². The van der Waals surface area contributed by atoms with Crippen molar-refractivity contribution in [1.29, 1.82) is 0 Å². The molecule has 4 rings (SSSR count). The lowest BCUT2D eigenvalue weighted by atomic mass is 9.76. The van der Waals surface area contributed by atoms with Gasteiger partial charge in [-0.3, -0.25) is 9.59 Å². The van der Waals surface area contributed by atoms with Crippen molar-refractivity contribution in [3.8, 4) is 11.5 Å². The summed E-state index contributed by atoms with van der Waals surface area (Å²) >= 11 is 0. The Morgan fingerprint density at radius 1 is 0.674 bits per heavy atom. The number of nitrogens with one attached hydrogen (secondary N) is 2. The van der Waals surface area contributed by atoms with Crippen molar-refractivity contribution in [2.45, 2.75) is 82.0 Å². The average molecular weight is 619 g/mol. The van der Waals surface area contributed by atoms with Crippen molar-refractivity contribution in [3.63, 3.8) is 0 Å². The molecule has 2 aliphatic rings. The van der Waals surface area contributed by atoms with Crippen LogP contribution in [0.5, 0.6) is 11.5 Å². The van der Waals surface area contributed by atoms with E-state index in [1.54, 1.807) is 0 Å². The minimum atomic E-state index is -4.84. The summed E-state index contributed by atoms with van der Waals surface area (Å²) < 4.78 is 94.6. The Morgan fingerprint density at radius 3 is 1.40 bits per heavy atom. The van der Waals surface area contributed by atoms with Crippen LogP contribution in [-0.2, 0) is 9.47 Å². The molecule has 0 atom stereocenters. The van der Waals surface area contributed by atoms with Crippen molar-refractivity contribution < 1.29 is 54.9 Å². The summed E-state index contributed by atoms with van der Waals surface area (Å²) in [6.07, 6.45) is -6.66. The normalized spacial score (nSPS) is 26.0. The Hall–Kier alpha value is -3.52. The molecule has 2 fully saturated rings. The molecule has 8 nitrogen and oxygen atoms in total. The molecule has 1 spiro atoms. The maximum absolute atomic E-state index is 12.9. The van der Waals surface area contributed by atoms with E-state index in [4.69, 9.17) is 9.47 Å². The fourth-order valence-corrected chi connectivity index (χ4v) is 5.19. The van der Waals surface area contributed by atoms with Gasteiger partial charge in [0.15, 0.2) is 5.79 Å². The number of benzene rings is 2. The SMILES string of the molecule is CCC1(NC(=O)c2ccc(OC(F)(F)F)cc2)CCC2(CC1)OCC(CC)(NC(=O)c1ccc(OC(F)(F)F)cc1)CO2. The van der Waals surface area contributed by atoms with Crippen LogP contribution < -0.4 is 20.1 Å². The zero-order chi connectivity index (χ0) is 31.5. The highest BCUT2D eigenvalue weighted by molar-refractivity contribution is 5.95. The Morgan fingerprint density at radius 2 is 1.05 bits per heavy atom. The van der Waals surface area contributed by atoms with Crippen LogP contribution in [-0.4, -0.2) is 54.6 Å². The molecule has 236 valence electrons. The van der Waals surface area contributed by atoms with Gasteiger partial charge in [0.1, 0.15) is 11.5 Å². The molecule has 2 aromatic rings. The van der Waals surface area contributed by atoms with E-state index in [1.807, 2.05) is 13.8 Å². The number of amides is 2. The second kappa shape index (κ2) is 12.2. The predicted molar refractivity (Wildman–Crippen MR) is 140 cm³/mol. The number of halogens is 6. The van der Waals surface area contributed by atoms with Crippen LogP contribution in [0.3, 0.4) is 0 Å². The Kier molecular flexibility index (Phi) is 9.21. The van der Waals surface area contributed by atoms with Gasteiger partial charge >= 0.3 is 12.7 Å². The van der Waals surface area contributed by atoms with Gasteiger partial charge in [-0.05, 0) is 74.2 Å². The maximum atomic E-state index is 12.9. The van der Waals surface area contributed by atoms with Gasteiger partial charge in [-0.2, -0.15) is 0 Å². The van der Waals surface area contributed by atoms with E-state index in [0.717, 1.165) is 24.3 Å². The summed E-state index contributed by atoms with van der Waals surface area (Å²) in [6.45, 7) is 4.07. The lowest BCUT2D eigenvalue weighted by Gasteiger charge is -2.51. The first-order valence-electron chi connectivity index (χ1n) is 13.7. The quantitative estimate of drug-likeness (QED) is 0.340. The maximum Gasteiger partial charge on any atom is 0.573 e. The number of hydrogen-bond acceptors (Lipinski definition) is 6. The zero-order valence-electron chi connectivity index (χ0n) is 23.5. The van der Waals surface area contributed by atoms with Crippen molar-refractivity contribution in [2.75, 3.05) is 13.2 Å². The van der Waals surface area contributed by atoms with Gasteiger partial charge < -0.3 is 29.6 Å². The first-order valence-corrected chi connectivity index (χ1v) is 13.7. The molecule has 1 aliphatic heterocycles. The summed E-state index contributed by atoms with van der Waals surface area (Å²) in [7, 11) is 0. The number of hydrogen-bond donors (Lipinski definition) is 2. The van der Waals surface area contributed by atoms with E-state index in [0.29, 0.717) is 38.5 Å². The molecular weight excluding hydrogens is 586 g/mol. The number of rotatable bonds is 8. The van der Waals surface area contributed by atoms with Crippen LogP contribution in [0.4, 0.5) is 26.3 Å². The van der Waals surface area contributed by atoms with E-state index < -0.39 is 52.9 Å². The minimum Gasteiger partial charge on any atom is -0.406 e. The molecule has 1 saturated carbocycles. The highest BCUT2D eigenvalue weighted by Crippen LogP contribution is 2.43. The fourth-order valence-electron chi connectivity index (χ4n) is 5.19. The first kappa shape index (κ1) is 32.4. The number of carbonyl (C=O) groups excluding carboxylic acids is 2. The molecule has 0 unspecified atom stereocenters. The summed E-state index contributed by atoms with van der Waals surface area (Å²) in [6, 6.07) is 9.27. The van der Waals surface area contributed by atoms with E-state index in [9.17, 15) is 35.9 Å². The predicted octanol–water partition coefficient (Wildman–Crippen LogP) is 6.26. The zero-order valence-corrected chi connectivity index (χ0v) is 23.5. The largest absolute Gasteiger partial charge is 0.573 e. The highest BCUT2D eigenvalue weighted by Gasteiger charge is 2.50. The molecule has 1 heterocycles. The van der Waals surface area contributed by atoms with Crippen LogP contribution in [0.2, 0.25) is 0 Å². The molecule has 43 heavy (non-hydrogen) atoms. The number of carbonyl (C=O) groups is 2. The molecule has 2 N–H and O–H groups in total. The van der Waals surface area contributed by atoms with Gasteiger partial charge in [0.25, 0.3) is 11.8 Å². The van der Waals surface area contributed by atoms with Crippen molar-refractivity contribution in [3.05, 3.63) is 59.7 Å². The molecule has 1 saturated heterocycles. The standard InChI is InChI=1S/C29H32F6N2O6/c1-3-25(36-23(38)19-5-9-21(10-6-19)42-28(30,31)32)13-15-27(16-14-25)40-17-26(4-2,18-41-27)37-24(39)20-7-11-22(12-8-20)43-29(33,34)35/h5-12H,3-4,13-18H2,1-2H3,(H,36,38)(H,37,39). The van der Waals surface area contributed by atoms with Gasteiger partial charge in [-0.1, -0.05) is 13.8 Å². The molecule has 14 heteroatoms. The van der Waals surface area contributed by atoms with Crippen LogP contribution in [0.15, 0.2) is 48.5 Å². The lowest BCUT2D eigenvalue weighted by Crippen LogP contribution is -2.64. The Balaban J connectivity index is 1.32.